The molecule has 3 N–H and O–H groups in total. The van der Waals surface area contributed by atoms with Crippen LogP contribution in [0.25, 0.3) is 0 Å². The minimum Gasteiger partial charge on any atom is -0.394 e. The standard InChI is InChI=1S/C12H15FN4/c1-7-5-4-6-9(13)11(7)15-12-10(14)8(2)16-17(12)3/h4-6,15H,14H2,1-3H3. The maximum Gasteiger partial charge on any atom is 0.152 e. The van der Waals surface area contributed by atoms with E-state index in [0.29, 0.717) is 17.2 Å². The van der Waals surface area contributed by atoms with Crippen LogP contribution in [0, 0.1) is 19.7 Å². The second-order valence-corrected chi connectivity index (χ2v) is 4.03. The summed E-state index contributed by atoms with van der Waals surface area (Å²) < 4.78 is 15.3. The number of nitrogens with two attached hydrogens (primary N) is 1. The maximum atomic E-state index is 13.7. The number of aryl methyl sites for hydroxylation is 3. The zero-order chi connectivity index (χ0) is 12.6. The van der Waals surface area contributed by atoms with Crippen LogP contribution in [0.4, 0.5) is 21.6 Å². The van der Waals surface area contributed by atoms with Gasteiger partial charge in [0.05, 0.1) is 17.1 Å². The Bertz CT molecular complexity index is 540. The van der Waals surface area contributed by atoms with E-state index in [0.717, 1.165) is 11.3 Å². The van der Waals surface area contributed by atoms with E-state index in [-0.39, 0.29) is 5.82 Å². The third kappa shape index (κ3) is 1.95. The normalized spacial score (nSPS) is 10.6. The van der Waals surface area contributed by atoms with Crippen molar-refractivity contribution in [2.75, 3.05) is 11.1 Å². The van der Waals surface area contributed by atoms with Crippen molar-refractivity contribution in [3.8, 4) is 0 Å². The number of hydrogen-bond donors (Lipinski definition) is 2. The monoisotopic (exact) mass is 234 g/mol. The van der Waals surface area contributed by atoms with Crippen LogP contribution in [0.5, 0.6) is 0 Å². The molecule has 0 fully saturated rings. The van der Waals surface area contributed by atoms with Crippen LogP contribution in [-0.4, -0.2) is 9.78 Å². The fraction of sp³-hybridized carbons (Fsp3) is 0.250. The smallest absolute Gasteiger partial charge is 0.152 e. The molecule has 0 bridgehead atoms. The minimum absolute atomic E-state index is 0.303. The molecule has 0 saturated heterocycles. The number of nitrogen functional groups attached to an aromatic ring is 1. The molecule has 17 heavy (non-hydrogen) atoms. The largest absolute Gasteiger partial charge is 0.394 e. The number of nitrogens with one attached hydrogen (secondary N) is 1. The van der Waals surface area contributed by atoms with Crippen LogP contribution in [0.1, 0.15) is 11.3 Å². The number of aromatic nitrogens is 2. The lowest BCUT2D eigenvalue weighted by Gasteiger charge is -2.11. The van der Waals surface area contributed by atoms with Gasteiger partial charge in [-0.3, -0.25) is 4.68 Å². The van der Waals surface area contributed by atoms with E-state index >= 15 is 0 Å². The number of para-hydroxylation sites is 1. The molecule has 5 heteroatoms. The second-order valence-electron chi connectivity index (χ2n) is 4.03. The first kappa shape index (κ1) is 11.4. The van der Waals surface area contributed by atoms with Crippen molar-refractivity contribution in [2.24, 2.45) is 7.05 Å². The highest BCUT2D eigenvalue weighted by Gasteiger charge is 2.13. The van der Waals surface area contributed by atoms with Crippen molar-refractivity contribution >= 4 is 17.2 Å². The Labute approximate surface area is 99.2 Å². The van der Waals surface area contributed by atoms with Crippen LogP contribution in [0.2, 0.25) is 0 Å². The van der Waals surface area contributed by atoms with Crippen molar-refractivity contribution in [1.82, 2.24) is 9.78 Å². The summed E-state index contributed by atoms with van der Waals surface area (Å²) in [5, 5.41) is 7.17. The third-order valence-electron chi connectivity index (χ3n) is 2.73. The van der Waals surface area contributed by atoms with Gasteiger partial charge in [0.25, 0.3) is 0 Å². The van der Waals surface area contributed by atoms with E-state index in [2.05, 4.69) is 10.4 Å². The Balaban J connectivity index is 2.45. The molecule has 1 heterocycles. The van der Waals surface area contributed by atoms with Gasteiger partial charge in [0.1, 0.15) is 5.82 Å². The Morgan fingerprint density at radius 1 is 1.35 bits per heavy atom. The van der Waals surface area contributed by atoms with Crippen LogP contribution >= 0.6 is 0 Å². The Hall–Kier alpha value is -2.04. The van der Waals surface area contributed by atoms with E-state index in [1.165, 1.54) is 6.07 Å². The number of hydrogen-bond acceptors (Lipinski definition) is 3. The number of rotatable bonds is 2. The van der Waals surface area contributed by atoms with E-state index in [1.54, 1.807) is 17.8 Å². The van der Waals surface area contributed by atoms with Crippen molar-refractivity contribution in [3.05, 3.63) is 35.3 Å². The van der Waals surface area contributed by atoms with E-state index in [1.807, 2.05) is 19.9 Å². The predicted molar refractivity (Wildman–Crippen MR) is 66.8 cm³/mol. The molecule has 4 nitrogen and oxygen atoms in total. The number of nitrogens with zero attached hydrogens (tertiary/aromatic N) is 2. The van der Waals surface area contributed by atoms with E-state index in [4.69, 9.17) is 5.73 Å². The van der Waals surface area contributed by atoms with Crippen LogP contribution in [0.3, 0.4) is 0 Å². The lowest BCUT2D eigenvalue weighted by atomic mass is 10.2. The first-order valence-corrected chi connectivity index (χ1v) is 5.32. The Morgan fingerprint density at radius 2 is 2.06 bits per heavy atom. The molecule has 1 aromatic carbocycles. The molecular formula is C12H15FN4. The zero-order valence-electron chi connectivity index (χ0n) is 10.1. The molecule has 0 aliphatic carbocycles. The van der Waals surface area contributed by atoms with Crippen molar-refractivity contribution < 1.29 is 4.39 Å². The van der Waals surface area contributed by atoms with Gasteiger partial charge >= 0.3 is 0 Å². The van der Waals surface area contributed by atoms with Crippen molar-refractivity contribution in [3.63, 3.8) is 0 Å². The highest BCUT2D eigenvalue weighted by Crippen LogP contribution is 2.28. The molecule has 1 aromatic heterocycles. The summed E-state index contributed by atoms with van der Waals surface area (Å²) >= 11 is 0. The summed E-state index contributed by atoms with van der Waals surface area (Å²) in [7, 11) is 1.77. The van der Waals surface area contributed by atoms with Crippen LogP contribution in [-0.2, 0) is 7.05 Å². The molecule has 0 aliphatic heterocycles. The molecule has 0 spiro atoms. The zero-order valence-corrected chi connectivity index (χ0v) is 10.1. The van der Waals surface area contributed by atoms with Crippen molar-refractivity contribution in [1.29, 1.82) is 0 Å². The van der Waals surface area contributed by atoms with Gasteiger partial charge in [0.2, 0.25) is 0 Å². The fourth-order valence-electron chi connectivity index (χ4n) is 1.73. The topological polar surface area (TPSA) is 55.9 Å². The number of anilines is 3. The molecule has 2 aromatic rings. The summed E-state index contributed by atoms with van der Waals surface area (Å²) in [6.07, 6.45) is 0. The first-order valence-electron chi connectivity index (χ1n) is 5.32. The first-order chi connectivity index (χ1) is 8.00. The molecule has 0 saturated carbocycles. The highest BCUT2D eigenvalue weighted by molar-refractivity contribution is 5.72. The number of halogens is 1. The van der Waals surface area contributed by atoms with Gasteiger partial charge in [-0.2, -0.15) is 5.10 Å². The van der Waals surface area contributed by atoms with Crippen LogP contribution < -0.4 is 11.1 Å². The lowest BCUT2D eigenvalue weighted by molar-refractivity contribution is 0.630. The summed E-state index contributed by atoms with van der Waals surface area (Å²) in [6.45, 7) is 3.65. The van der Waals surface area contributed by atoms with Gasteiger partial charge in [-0.1, -0.05) is 12.1 Å². The summed E-state index contributed by atoms with van der Waals surface area (Å²) in [5.41, 5.74) is 8.40. The fourth-order valence-corrected chi connectivity index (χ4v) is 1.73. The SMILES string of the molecule is Cc1cccc(F)c1Nc1c(N)c(C)nn1C. The number of benzene rings is 1. The van der Waals surface area contributed by atoms with Gasteiger partial charge in [-0.25, -0.2) is 4.39 Å². The van der Waals surface area contributed by atoms with E-state index in [9.17, 15) is 4.39 Å². The highest BCUT2D eigenvalue weighted by atomic mass is 19.1. The average Bonchev–Trinajstić information content (AvgIpc) is 2.49. The van der Waals surface area contributed by atoms with E-state index < -0.39 is 0 Å². The third-order valence-corrected chi connectivity index (χ3v) is 2.73. The second kappa shape index (κ2) is 4.08. The van der Waals surface area contributed by atoms with Gasteiger partial charge in [-0.05, 0) is 25.5 Å². The van der Waals surface area contributed by atoms with Crippen molar-refractivity contribution in [2.45, 2.75) is 13.8 Å². The quantitative estimate of drug-likeness (QED) is 0.839. The van der Waals surface area contributed by atoms with Gasteiger partial charge in [0.15, 0.2) is 5.82 Å². The molecule has 2 rings (SSSR count). The molecule has 0 amide bonds. The molecule has 0 atom stereocenters. The summed E-state index contributed by atoms with van der Waals surface area (Å²) in [4.78, 5) is 0. The molecule has 0 unspecified atom stereocenters. The average molecular weight is 234 g/mol. The van der Waals surface area contributed by atoms with Crippen LogP contribution in [0.15, 0.2) is 18.2 Å². The maximum absolute atomic E-state index is 13.7. The Kier molecular flexibility index (Phi) is 2.75. The van der Waals surface area contributed by atoms with Gasteiger partial charge in [-0.15, -0.1) is 0 Å². The molecule has 0 aliphatic rings. The Morgan fingerprint density at radius 3 is 2.59 bits per heavy atom. The molecule has 90 valence electrons. The lowest BCUT2D eigenvalue weighted by Crippen LogP contribution is -2.04. The summed E-state index contributed by atoms with van der Waals surface area (Å²) in [5.74, 6) is 0.305. The molecule has 0 radical (unpaired) electrons. The molecular weight excluding hydrogens is 219 g/mol. The predicted octanol–water partition coefficient (Wildman–Crippen LogP) is 2.50. The summed E-state index contributed by atoms with van der Waals surface area (Å²) in [6, 6.07) is 4.92. The minimum atomic E-state index is -0.303. The van der Waals surface area contributed by atoms with Gasteiger partial charge in [0, 0.05) is 7.05 Å². The van der Waals surface area contributed by atoms with Gasteiger partial charge < -0.3 is 11.1 Å².